The van der Waals surface area contributed by atoms with Gasteiger partial charge in [-0.3, -0.25) is 4.79 Å². The molecular formula is C21H35N3O4. The number of amides is 2. The van der Waals surface area contributed by atoms with Crippen LogP contribution in [0.3, 0.4) is 0 Å². The predicted molar refractivity (Wildman–Crippen MR) is 112 cm³/mol. The fourth-order valence-corrected chi connectivity index (χ4v) is 3.08. The second-order valence-electron chi connectivity index (χ2n) is 7.43. The van der Waals surface area contributed by atoms with E-state index in [1.54, 1.807) is 11.0 Å². The molecule has 2 rings (SSSR count). The van der Waals surface area contributed by atoms with Crippen LogP contribution in [0.5, 0.6) is 5.75 Å². The molecule has 0 saturated carbocycles. The van der Waals surface area contributed by atoms with Crippen LogP contribution in [0.15, 0.2) is 18.2 Å². The third-order valence-electron chi connectivity index (χ3n) is 4.40. The van der Waals surface area contributed by atoms with E-state index in [0.29, 0.717) is 30.9 Å². The van der Waals surface area contributed by atoms with Crippen molar-refractivity contribution in [1.82, 2.24) is 4.90 Å². The first-order valence-corrected chi connectivity index (χ1v) is 9.88. The van der Waals surface area contributed by atoms with Gasteiger partial charge in [0.1, 0.15) is 11.4 Å². The van der Waals surface area contributed by atoms with Gasteiger partial charge in [0.25, 0.3) is 5.91 Å². The van der Waals surface area contributed by atoms with Crippen molar-refractivity contribution in [1.29, 1.82) is 0 Å². The van der Waals surface area contributed by atoms with Crippen molar-refractivity contribution in [3.63, 3.8) is 0 Å². The van der Waals surface area contributed by atoms with Gasteiger partial charge >= 0.3 is 6.09 Å². The number of benzene rings is 1. The zero-order valence-electron chi connectivity index (χ0n) is 18.2. The SMILES string of the molecule is CC.CC[C@@H]1CN(c2ccc(C(N)=O)c(OC)c2)CCN1C(=O)OC(C)(C)C. The molecule has 7 nitrogen and oxygen atoms in total. The predicted octanol–water partition coefficient (Wildman–Crippen LogP) is 3.66. The van der Waals surface area contributed by atoms with Crippen LogP contribution >= 0.6 is 0 Å². The van der Waals surface area contributed by atoms with E-state index in [0.717, 1.165) is 12.1 Å². The molecule has 1 fully saturated rings. The molecule has 1 aliphatic rings. The van der Waals surface area contributed by atoms with E-state index in [-0.39, 0.29) is 12.1 Å². The number of carbonyl (C=O) groups excluding carboxylic acids is 2. The molecule has 1 saturated heterocycles. The average Bonchev–Trinajstić information content (AvgIpc) is 2.67. The van der Waals surface area contributed by atoms with Gasteiger partial charge in [-0.2, -0.15) is 0 Å². The summed E-state index contributed by atoms with van der Waals surface area (Å²) in [5, 5.41) is 0. The highest BCUT2D eigenvalue weighted by Crippen LogP contribution is 2.28. The van der Waals surface area contributed by atoms with Crippen molar-refractivity contribution in [3.05, 3.63) is 23.8 Å². The van der Waals surface area contributed by atoms with Crippen LogP contribution in [-0.4, -0.2) is 55.3 Å². The third kappa shape index (κ3) is 6.04. The number of hydrogen-bond acceptors (Lipinski definition) is 5. The molecule has 0 bridgehead atoms. The Hall–Kier alpha value is -2.44. The van der Waals surface area contributed by atoms with Gasteiger partial charge in [0.15, 0.2) is 0 Å². The standard InChI is InChI=1S/C19H29N3O4.C2H6/c1-6-13-12-21(9-10-22(13)18(24)26-19(2,3)4)14-7-8-15(17(20)23)16(11-14)25-5;1-2/h7-8,11,13H,6,9-10,12H2,1-5H3,(H2,20,23);1-2H3/t13-;/m1./s1. The molecule has 0 unspecified atom stereocenters. The zero-order valence-corrected chi connectivity index (χ0v) is 18.2. The van der Waals surface area contributed by atoms with E-state index >= 15 is 0 Å². The Morgan fingerprint density at radius 1 is 1.21 bits per heavy atom. The monoisotopic (exact) mass is 393 g/mol. The number of primary amides is 1. The Bertz CT molecular complexity index is 670. The Labute approximate surface area is 168 Å². The summed E-state index contributed by atoms with van der Waals surface area (Å²) in [6.45, 7) is 13.6. The van der Waals surface area contributed by atoms with Gasteiger partial charge in [0.05, 0.1) is 18.7 Å². The number of anilines is 1. The highest BCUT2D eigenvalue weighted by molar-refractivity contribution is 5.96. The highest BCUT2D eigenvalue weighted by atomic mass is 16.6. The maximum absolute atomic E-state index is 12.5. The molecule has 158 valence electrons. The van der Waals surface area contributed by atoms with Crippen LogP contribution in [0.25, 0.3) is 0 Å². The third-order valence-corrected chi connectivity index (χ3v) is 4.40. The zero-order chi connectivity index (χ0) is 21.5. The number of nitrogens with two attached hydrogens (primary N) is 1. The lowest BCUT2D eigenvalue weighted by Gasteiger charge is -2.42. The molecule has 1 heterocycles. The topological polar surface area (TPSA) is 85.1 Å². The summed E-state index contributed by atoms with van der Waals surface area (Å²) < 4.78 is 10.8. The smallest absolute Gasteiger partial charge is 0.410 e. The van der Waals surface area contributed by atoms with Crippen molar-refractivity contribution in [3.8, 4) is 5.75 Å². The lowest BCUT2D eigenvalue weighted by atomic mass is 10.1. The van der Waals surface area contributed by atoms with Crippen LogP contribution in [0.4, 0.5) is 10.5 Å². The summed E-state index contributed by atoms with van der Waals surface area (Å²) >= 11 is 0. The van der Waals surface area contributed by atoms with Crippen molar-refractivity contribution in [2.75, 3.05) is 31.6 Å². The molecule has 0 radical (unpaired) electrons. The van der Waals surface area contributed by atoms with Gasteiger partial charge in [-0.15, -0.1) is 0 Å². The molecule has 2 N–H and O–H groups in total. The molecule has 1 aromatic rings. The number of methoxy groups -OCH3 is 1. The van der Waals surface area contributed by atoms with Crippen LogP contribution < -0.4 is 15.4 Å². The van der Waals surface area contributed by atoms with Gasteiger partial charge < -0.3 is 25.0 Å². The van der Waals surface area contributed by atoms with Gasteiger partial charge in [0, 0.05) is 31.4 Å². The van der Waals surface area contributed by atoms with Crippen molar-refractivity contribution >= 4 is 17.7 Å². The van der Waals surface area contributed by atoms with Gasteiger partial charge in [0.2, 0.25) is 0 Å². The summed E-state index contributed by atoms with van der Waals surface area (Å²) in [4.78, 5) is 27.9. The number of piperazine rings is 1. The quantitative estimate of drug-likeness (QED) is 0.844. The Balaban J connectivity index is 0.00000190. The van der Waals surface area contributed by atoms with E-state index in [4.69, 9.17) is 15.2 Å². The first-order valence-electron chi connectivity index (χ1n) is 9.88. The van der Waals surface area contributed by atoms with E-state index in [1.807, 2.05) is 46.8 Å². The summed E-state index contributed by atoms with van der Waals surface area (Å²) in [5.74, 6) is -0.0628. The molecule has 0 spiro atoms. The largest absolute Gasteiger partial charge is 0.496 e. The van der Waals surface area contributed by atoms with E-state index in [9.17, 15) is 9.59 Å². The Morgan fingerprint density at radius 2 is 1.86 bits per heavy atom. The summed E-state index contributed by atoms with van der Waals surface area (Å²) in [6.07, 6.45) is 0.553. The fraction of sp³-hybridized carbons (Fsp3) is 0.619. The second-order valence-corrected chi connectivity index (χ2v) is 7.43. The molecule has 1 atom stereocenters. The summed E-state index contributed by atoms with van der Waals surface area (Å²) in [7, 11) is 1.51. The van der Waals surface area contributed by atoms with Gasteiger partial charge in [-0.25, -0.2) is 4.79 Å². The Kier molecular flexibility index (Phi) is 8.60. The maximum Gasteiger partial charge on any atom is 0.410 e. The number of hydrogen-bond donors (Lipinski definition) is 1. The molecule has 28 heavy (non-hydrogen) atoms. The van der Waals surface area contributed by atoms with Crippen LogP contribution in [0.2, 0.25) is 0 Å². The molecule has 0 aromatic heterocycles. The first-order chi connectivity index (χ1) is 13.2. The number of nitrogens with zero attached hydrogens (tertiary/aromatic N) is 2. The minimum absolute atomic E-state index is 0.0559. The van der Waals surface area contributed by atoms with E-state index in [1.165, 1.54) is 7.11 Å². The van der Waals surface area contributed by atoms with Crippen molar-refractivity contribution in [2.45, 2.75) is 59.6 Å². The Morgan fingerprint density at radius 3 is 2.36 bits per heavy atom. The van der Waals surface area contributed by atoms with Crippen molar-refractivity contribution < 1.29 is 19.1 Å². The minimum atomic E-state index is -0.519. The average molecular weight is 394 g/mol. The molecule has 1 aliphatic heterocycles. The molecule has 7 heteroatoms. The number of ether oxygens (including phenoxy) is 2. The van der Waals surface area contributed by atoms with Crippen LogP contribution in [0.1, 0.15) is 58.3 Å². The van der Waals surface area contributed by atoms with E-state index in [2.05, 4.69) is 11.8 Å². The molecule has 0 aliphatic carbocycles. The molecular weight excluding hydrogens is 358 g/mol. The maximum atomic E-state index is 12.5. The summed E-state index contributed by atoms with van der Waals surface area (Å²) in [5.41, 5.74) is 6.16. The van der Waals surface area contributed by atoms with Crippen LogP contribution in [-0.2, 0) is 4.74 Å². The lowest BCUT2D eigenvalue weighted by molar-refractivity contribution is 0.0136. The number of carbonyl (C=O) groups is 2. The highest BCUT2D eigenvalue weighted by Gasteiger charge is 2.32. The number of rotatable bonds is 4. The molecule has 2 amide bonds. The normalized spacial score (nSPS) is 16.8. The minimum Gasteiger partial charge on any atom is -0.496 e. The second kappa shape index (κ2) is 10.2. The van der Waals surface area contributed by atoms with Crippen LogP contribution in [0, 0.1) is 0 Å². The summed E-state index contributed by atoms with van der Waals surface area (Å²) in [6, 6.07) is 5.41. The fourth-order valence-electron chi connectivity index (χ4n) is 3.08. The molecule has 1 aromatic carbocycles. The van der Waals surface area contributed by atoms with Crippen molar-refractivity contribution in [2.24, 2.45) is 5.73 Å². The van der Waals surface area contributed by atoms with Gasteiger partial charge in [-0.05, 0) is 39.3 Å². The van der Waals surface area contributed by atoms with E-state index < -0.39 is 11.5 Å². The first kappa shape index (κ1) is 23.6. The lowest BCUT2D eigenvalue weighted by Crippen LogP contribution is -2.56. The van der Waals surface area contributed by atoms with Gasteiger partial charge in [-0.1, -0.05) is 20.8 Å².